The number of benzene rings is 1. The Kier molecular flexibility index (Phi) is 12.7. The third-order valence-electron chi connectivity index (χ3n) is 11.8. The van der Waals surface area contributed by atoms with Crippen LogP contribution in [0.25, 0.3) is 6.08 Å². The first-order chi connectivity index (χ1) is 26.5. The molecule has 14 heteroatoms. The number of aliphatic hydroxyl groups excluding tert-OH is 3. The third kappa shape index (κ3) is 7.25. The highest BCUT2D eigenvalue weighted by Gasteiger charge is 2.76. The van der Waals surface area contributed by atoms with Crippen molar-refractivity contribution < 1.29 is 68.5 Å². The minimum atomic E-state index is -3.01. The van der Waals surface area contributed by atoms with Crippen LogP contribution in [0.5, 0.6) is 5.75 Å². The molecule has 0 amide bonds. The van der Waals surface area contributed by atoms with Gasteiger partial charge in [-0.25, -0.2) is 0 Å². The Labute approximate surface area is 331 Å². The van der Waals surface area contributed by atoms with Crippen LogP contribution in [-0.4, -0.2) is 92.3 Å². The van der Waals surface area contributed by atoms with Crippen molar-refractivity contribution in [2.24, 2.45) is 28.1 Å². The number of allylic oxidation sites excluding steroid dienone is 1. The highest BCUT2D eigenvalue weighted by molar-refractivity contribution is 6.25. The topological polar surface area (TPSA) is 231 Å². The van der Waals surface area contributed by atoms with Crippen molar-refractivity contribution in [3.63, 3.8) is 0 Å². The standard InChI is InChI=1S/C43H52O14/c1-10-13-27(45)55-19-40(7,20-56-28(46)14-11-2)21-57-29(47)16-12-15-25-17-18-26-23(5)41(8)33(36(50)31(26)34(25)48)38(52)43(54)37(51)30(24(6)44)35(49)32(22(3)4)42(43,9)39(41)53/h10-12,15,17-18,22-23,32,39,48-49,52-54H,1-2,13-14,16,19-21H2,3-9H3/b15-12+/t23-,32?,39-,41+,42+,43+/m1/s1. The summed E-state index contributed by atoms with van der Waals surface area (Å²) >= 11 is 0. The molecule has 14 nitrogen and oxygen atoms in total. The minimum absolute atomic E-state index is 0.0536. The molecule has 0 bridgehead atoms. The first-order valence-electron chi connectivity index (χ1n) is 18.6. The van der Waals surface area contributed by atoms with Gasteiger partial charge in [0.25, 0.3) is 0 Å². The Bertz CT molecular complexity index is 1970. The number of hydrogen-bond acceptors (Lipinski definition) is 14. The molecule has 0 saturated carbocycles. The van der Waals surface area contributed by atoms with Crippen LogP contribution < -0.4 is 0 Å². The predicted octanol–water partition coefficient (Wildman–Crippen LogP) is 5.07. The van der Waals surface area contributed by atoms with Crippen molar-refractivity contribution in [1.82, 2.24) is 0 Å². The van der Waals surface area contributed by atoms with Gasteiger partial charge >= 0.3 is 17.9 Å². The fourth-order valence-electron chi connectivity index (χ4n) is 8.68. The molecule has 308 valence electrons. The lowest BCUT2D eigenvalue weighted by Crippen LogP contribution is -2.73. The monoisotopic (exact) mass is 792 g/mol. The number of fused-ring (bicyclic) bond motifs is 3. The van der Waals surface area contributed by atoms with Gasteiger partial charge in [-0.1, -0.05) is 71.1 Å². The number of aromatic hydroxyl groups is 1. The van der Waals surface area contributed by atoms with E-state index in [0.717, 1.165) is 6.92 Å². The molecule has 0 fully saturated rings. The summed E-state index contributed by atoms with van der Waals surface area (Å²) in [4.78, 5) is 77.8. The van der Waals surface area contributed by atoms with E-state index < -0.39 is 109 Å². The number of ether oxygens (including phenoxy) is 3. The maximum atomic E-state index is 14.5. The van der Waals surface area contributed by atoms with E-state index in [0.29, 0.717) is 0 Å². The van der Waals surface area contributed by atoms with Gasteiger partial charge in [0.15, 0.2) is 17.2 Å². The van der Waals surface area contributed by atoms with Gasteiger partial charge in [-0.3, -0.25) is 28.8 Å². The zero-order chi connectivity index (χ0) is 43.0. The largest absolute Gasteiger partial charge is 0.511 e. The summed E-state index contributed by atoms with van der Waals surface area (Å²) in [5, 5.41) is 59.5. The molecular formula is C43H52O14. The first-order valence-corrected chi connectivity index (χ1v) is 18.6. The van der Waals surface area contributed by atoms with Crippen molar-refractivity contribution in [2.45, 2.75) is 85.4 Å². The van der Waals surface area contributed by atoms with Gasteiger partial charge in [-0.2, -0.15) is 0 Å². The molecule has 1 unspecified atom stereocenters. The number of hydrogen-bond donors (Lipinski definition) is 5. The average Bonchev–Trinajstić information content (AvgIpc) is 3.13. The molecule has 6 atom stereocenters. The number of rotatable bonds is 15. The lowest BCUT2D eigenvalue weighted by molar-refractivity contribution is -0.211. The fraction of sp³-hybridized carbons (Fsp3) is 0.488. The second-order valence-electron chi connectivity index (χ2n) is 16.2. The Balaban J connectivity index is 1.66. The predicted molar refractivity (Wildman–Crippen MR) is 206 cm³/mol. The van der Waals surface area contributed by atoms with Gasteiger partial charge in [-0.15, -0.1) is 13.2 Å². The summed E-state index contributed by atoms with van der Waals surface area (Å²) in [6, 6.07) is 3.04. The highest BCUT2D eigenvalue weighted by Crippen LogP contribution is 2.67. The highest BCUT2D eigenvalue weighted by atomic mass is 16.6. The quantitative estimate of drug-likeness (QED) is 0.0676. The van der Waals surface area contributed by atoms with Gasteiger partial charge in [0.05, 0.1) is 41.9 Å². The van der Waals surface area contributed by atoms with Gasteiger partial charge in [-0.05, 0) is 31.2 Å². The van der Waals surface area contributed by atoms with E-state index in [4.69, 9.17) is 14.2 Å². The lowest BCUT2D eigenvalue weighted by atomic mass is 9.41. The van der Waals surface area contributed by atoms with Gasteiger partial charge < -0.3 is 39.7 Å². The van der Waals surface area contributed by atoms with Crippen LogP contribution in [0.3, 0.4) is 0 Å². The van der Waals surface area contributed by atoms with Crippen LogP contribution in [0.4, 0.5) is 0 Å². The second-order valence-corrected chi connectivity index (χ2v) is 16.2. The average molecular weight is 793 g/mol. The Morgan fingerprint density at radius 3 is 1.89 bits per heavy atom. The van der Waals surface area contributed by atoms with Crippen LogP contribution in [-0.2, 0) is 38.2 Å². The van der Waals surface area contributed by atoms with E-state index in [9.17, 15) is 54.3 Å². The molecule has 5 N–H and O–H groups in total. The molecule has 1 aromatic rings. The smallest absolute Gasteiger partial charge is 0.309 e. The summed E-state index contributed by atoms with van der Waals surface area (Å²) in [6.45, 7) is 16.6. The summed E-state index contributed by atoms with van der Waals surface area (Å²) in [7, 11) is 0. The Hall–Kier alpha value is -5.34. The van der Waals surface area contributed by atoms with Crippen LogP contribution in [0.1, 0.15) is 95.1 Å². The number of esters is 3. The van der Waals surface area contributed by atoms with Gasteiger partial charge in [0.2, 0.25) is 5.78 Å². The van der Waals surface area contributed by atoms with E-state index in [1.165, 1.54) is 44.2 Å². The SMILES string of the molecule is C=CCC(=O)OCC(C)(COC(=O)CC=C)COC(=O)C/C=C/c1ccc2c(c1O)C(=O)C1=C(O)[C@@]3(O)C(=O)C(C(C)=O)=C(O)C(C(C)C)[C@@]3(C)[C@H](O)[C@@]1(C)[C@@H]2C. The van der Waals surface area contributed by atoms with Crippen molar-refractivity contribution in [3.8, 4) is 5.75 Å². The number of Topliss-reactive ketones (excluding diaryl/α,β-unsaturated/α-hetero) is 3. The normalized spacial score (nSPS) is 27.1. The van der Waals surface area contributed by atoms with E-state index >= 15 is 0 Å². The number of aliphatic hydroxyl groups is 4. The maximum Gasteiger partial charge on any atom is 0.309 e. The molecule has 0 aliphatic heterocycles. The van der Waals surface area contributed by atoms with Gasteiger partial charge in [0.1, 0.15) is 42.7 Å². The molecule has 0 saturated heterocycles. The van der Waals surface area contributed by atoms with Crippen molar-refractivity contribution in [3.05, 3.63) is 82.9 Å². The maximum absolute atomic E-state index is 14.5. The van der Waals surface area contributed by atoms with Crippen LogP contribution in [0, 0.1) is 28.1 Å². The van der Waals surface area contributed by atoms with E-state index in [-0.39, 0.29) is 55.8 Å². The third-order valence-corrected chi connectivity index (χ3v) is 11.8. The van der Waals surface area contributed by atoms with Gasteiger partial charge in [0, 0.05) is 22.3 Å². The molecule has 3 aliphatic rings. The molecule has 57 heavy (non-hydrogen) atoms. The zero-order valence-corrected chi connectivity index (χ0v) is 33.3. The van der Waals surface area contributed by atoms with E-state index in [1.54, 1.807) is 33.8 Å². The number of ketones is 3. The van der Waals surface area contributed by atoms with Crippen LogP contribution in [0.15, 0.2) is 66.2 Å². The summed E-state index contributed by atoms with van der Waals surface area (Å²) in [5.41, 5.74) is -8.99. The molecule has 4 rings (SSSR count). The second kappa shape index (κ2) is 16.3. The minimum Gasteiger partial charge on any atom is -0.511 e. The van der Waals surface area contributed by atoms with E-state index in [1.807, 2.05) is 0 Å². The van der Waals surface area contributed by atoms with Crippen molar-refractivity contribution >= 4 is 41.3 Å². The lowest BCUT2D eigenvalue weighted by Gasteiger charge is -2.63. The van der Waals surface area contributed by atoms with Crippen molar-refractivity contribution in [2.75, 3.05) is 19.8 Å². The molecule has 0 radical (unpaired) electrons. The first kappa shape index (κ1) is 44.4. The number of phenols is 1. The zero-order valence-electron chi connectivity index (χ0n) is 33.3. The van der Waals surface area contributed by atoms with E-state index in [2.05, 4.69) is 13.2 Å². The molecule has 0 aromatic heterocycles. The molecule has 3 aliphatic carbocycles. The summed E-state index contributed by atoms with van der Waals surface area (Å²) in [5.74, 6) is -9.96. The molecule has 1 aromatic carbocycles. The molecular weight excluding hydrogens is 740 g/mol. The van der Waals surface area contributed by atoms with Crippen LogP contribution >= 0.6 is 0 Å². The summed E-state index contributed by atoms with van der Waals surface area (Å²) < 4.78 is 15.9. The summed E-state index contributed by atoms with van der Waals surface area (Å²) in [6.07, 6.45) is 3.26. The molecule has 0 heterocycles. The molecule has 0 spiro atoms. The van der Waals surface area contributed by atoms with Crippen molar-refractivity contribution in [1.29, 1.82) is 0 Å². The Morgan fingerprint density at radius 2 is 1.42 bits per heavy atom. The Morgan fingerprint density at radius 1 is 0.912 bits per heavy atom. The number of carbonyl (C=O) groups is 6. The number of phenolic OH excluding ortho intramolecular Hbond substituents is 1. The fourth-order valence-corrected chi connectivity index (χ4v) is 8.68. The van der Waals surface area contributed by atoms with Crippen LogP contribution in [0.2, 0.25) is 0 Å². The number of carbonyl (C=O) groups excluding carboxylic acids is 6.